The van der Waals surface area contributed by atoms with Crippen molar-refractivity contribution in [1.82, 2.24) is 15.3 Å². The summed E-state index contributed by atoms with van der Waals surface area (Å²) in [4.78, 5) is 22.8. The number of hydrogen-bond acceptors (Lipinski definition) is 6. The maximum absolute atomic E-state index is 12.2. The van der Waals surface area contributed by atoms with Crippen molar-refractivity contribution in [3.8, 4) is 0 Å². The first-order valence-electron chi connectivity index (χ1n) is 7.90. The fourth-order valence-corrected chi connectivity index (χ4v) is 3.12. The van der Waals surface area contributed by atoms with Crippen molar-refractivity contribution in [2.75, 3.05) is 18.0 Å². The molecule has 0 unspecified atom stereocenters. The van der Waals surface area contributed by atoms with Crippen LogP contribution in [0, 0.1) is 0 Å². The van der Waals surface area contributed by atoms with Crippen molar-refractivity contribution in [2.24, 2.45) is 5.14 Å². The van der Waals surface area contributed by atoms with Crippen LogP contribution in [0.4, 0.5) is 5.95 Å². The second kappa shape index (κ2) is 7.16. The Morgan fingerprint density at radius 3 is 2.28 bits per heavy atom. The van der Waals surface area contributed by atoms with E-state index in [0.29, 0.717) is 11.5 Å². The molecule has 1 aliphatic rings. The molecule has 0 aliphatic carbocycles. The molecule has 9 heteroatoms. The molecule has 1 amide bonds. The number of primary sulfonamides is 1. The van der Waals surface area contributed by atoms with Crippen molar-refractivity contribution >= 4 is 21.9 Å². The fraction of sp³-hybridized carbons (Fsp3) is 0.312. The molecule has 3 N–H and O–H groups in total. The van der Waals surface area contributed by atoms with Crippen LogP contribution < -0.4 is 15.4 Å². The summed E-state index contributed by atoms with van der Waals surface area (Å²) in [6, 6.07) is 6.02. The van der Waals surface area contributed by atoms with Crippen LogP contribution in [0.3, 0.4) is 0 Å². The van der Waals surface area contributed by atoms with Gasteiger partial charge in [-0.2, -0.15) is 0 Å². The van der Waals surface area contributed by atoms with Gasteiger partial charge in [-0.1, -0.05) is 12.1 Å². The minimum absolute atomic E-state index is 0.0356. The summed E-state index contributed by atoms with van der Waals surface area (Å²) in [5, 5.41) is 7.80. The SMILES string of the molecule is NS(=O)(=O)c1ccc(CNC(=O)c2cnc(N3CCCC3)nc2)cc1. The standard InChI is InChI=1S/C16H19N5O3S/c17-25(23,24)14-5-3-12(4-6-14)9-18-15(22)13-10-19-16(20-11-13)21-7-1-2-8-21/h3-6,10-11H,1-2,7-9H2,(H,18,22)(H2,17,23,24). The number of nitrogens with two attached hydrogens (primary N) is 1. The molecule has 1 aromatic heterocycles. The molecule has 2 heterocycles. The minimum Gasteiger partial charge on any atom is -0.348 e. The number of rotatable bonds is 5. The van der Waals surface area contributed by atoms with E-state index in [4.69, 9.17) is 5.14 Å². The van der Waals surface area contributed by atoms with Gasteiger partial charge in [0.1, 0.15) is 0 Å². The van der Waals surface area contributed by atoms with E-state index in [9.17, 15) is 13.2 Å². The number of carbonyl (C=O) groups is 1. The average molecular weight is 361 g/mol. The van der Waals surface area contributed by atoms with Crippen LogP contribution in [-0.4, -0.2) is 37.4 Å². The number of carbonyl (C=O) groups excluding carboxylic acids is 1. The van der Waals surface area contributed by atoms with Gasteiger partial charge in [0.25, 0.3) is 5.91 Å². The molecular weight excluding hydrogens is 342 g/mol. The lowest BCUT2D eigenvalue weighted by Crippen LogP contribution is -2.24. The van der Waals surface area contributed by atoms with E-state index in [-0.39, 0.29) is 17.3 Å². The van der Waals surface area contributed by atoms with E-state index in [1.54, 1.807) is 12.1 Å². The second-order valence-electron chi connectivity index (χ2n) is 5.84. The molecule has 0 atom stereocenters. The minimum atomic E-state index is -3.71. The molecule has 2 aromatic rings. The molecule has 0 spiro atoms. The summed E-state index contributed by atoms with van der Waals surface area (Å²) in [6.07, 6.45) is 5.30. The number of sulfonamides is 1. The summed E-state index contributed by atoms with van der Waals surface area (Å²) < 4.78 is 22.4. The molecule has 132 valence electrons. The number of nitrogens with one attached hydrogen (secondary N) is 1. The Labute approximate surface area is 146 Å². The highest BCUT2D eigenvalue weighted by Crippen LogP contribution is 2.15. The Balaban J connectivity index is 1.58. The van der Waals surface area contributed by atoms with Gasteiger partial charge in [0, 0.05) is 32.0 Å². The highest BCUT2D eigenvalue weighted by Gasteiger charge is 2.15. The molecule has 1 aromatic carbocycles. The first-order valence-corrected chi connectivity index (χ1v) is 9.45. The smallest absolute Gasteiger partial charge is 0.254 e. The van der Waals surface area contributed by atoms with Crippen LogP contribution in [0.2, 0.25) is 0 Å². The van der Waals surface area contributed by atoms with E-state index < -0.39 is 10.0 Å². The van der Waals surface area contributed by atoms with Crippen LogP contribution in [0.5, 0.6) is 0 Å². The van der Waals surface area contributed by atoms with Crippen LogP contribution in [0.25, 0.3) is 0 Å². The number of benzene rings is 1. The molecule has 0 bridgehead atoms. The van der Waals surface area contributed by atoms with Gasteiger partial charge in [-0.25, -0.2) is 23.5 Å². The molecule has 8 nitrogen and oxygen atoms in total. The Morgan fingerprint density at radius 2 is 1.72 bits per heavy atom. The normalized spacial score (nSPS) is 14.5. The first kappa shape index (κ1) is 17.3. The van der Waals surface area contributed by atoms with Gasteiger partial charge in [-0.05, 0) is 30.5 Å². The summed E-state index contributed by atoms with van der Waals surface area (Å²) in [5.41, 5.74) is 1.14. The summed E-state index contributed by atoms with van der Waals surface area (Å²) >= 11 is 0. The predicted molar refractivity (Wildman–Crippen MR) is 92.5 cm³/mol. The lowest BCUT2D eigenvalue weighted by Gasteiger charge is -2.14. The molecule has 1 fully saturated rings. The Hall–Kier alpha value is -2.52. The second-order valence-corrected chi connectivity index (χ2v) is 7.40. The monoisotopic (exact) mass is 361 g/mol. The van der Waals surface area contributed by atoms with Crippen molar-refractivity contribution in [1.29, 1.82) is 0 Å². The van der Waals surface area contributed by atoms with Crippen LogP contribution in [0.1, 0.15) is 28.8 Å². The molecular formula is C16H19N5O3S. The highest BCUT2D eigenvalue weighted by molar-refractivity contribution is 7.89. The Bertz CT molecular complexity index is 844. The Kier molecular flexibility index (Phi) is 4.95. The van der Waals surface area contributed by atoms with E-state index in [0.717, 1.165) is 31.5 Å². The zero-order valence-corrected chi connectivity index (χ0v) is 14.4. The van der Waals surface area contributed by atoms with E-state index >= 15 is 0 Å². The van der Waals surface area contributed by atoms with Crippen LogP contribution >= 0.6 is 0 Å². The van der Waals surface area contributed by atoms with Crippen molar-refractivity contribution in [3.63, 3.8) is 0 Å². The molecule has 1 saturated heterocycles. The first-order chi connectivity index (χ1) is 11.9. The third kappa shape index (κ3) is 4.31. The van der Waals surface area contributed by atoms with Crippen molar-refractivity contribution in [3.05, 3.63) is 47.8 Å². The molecule has 0 saturated carbocycles. The van der Waals surface area contributed by atoms with Gasteiger partial charge in [-0.3, -0.25) is 4.79 Å². The number of amides is 1. The Morgan fingerprint density at radius 1 is 1.12 bits per heavy atom. The highest BCUT2D eigenvalue weighted by atomic mass is 32.2. The molecule has 25 heavy (non-hydrogen) atoms. The third-order valence-electron chi connectivity index (χ3n) is 3.99. The average Bonchev–Trinajstić information content (AvgIpc) is 3.14. The van der Waals surface area contributed by atoms with Gasteiger partial charge in [0.2, 0.25) is 16.0 Å². The summed E-state index contributed by atoms with van der Waals surface area (Å²) in [6.45, 7) is 2.15. The van der Waals surface area contributed by atoms with Crippen LogP contribution in [0.15, 0.2) is 41.6 Å². The molecule has 3 rings (SSSR count). The third-order valence-corrected chi connectivity index (χ3v) is 4.92. The topological polar surface area (TPSA) is 118 Å². The van der Waals surface area contributed by atoms with Crippen LogP contribution in [-0.2, 0) is 16.6 Å². The lowest BCUT2D eigenvalue weighted by atomic mass is 10.2. The quantitative estimate of drug-likeness (QED) is 0.807. The van der Waals surface area contributed by atoms with Gasteiger partial charge in [0.05, 0.1) is 10.5 Å². The largest absolute Gasteiger partial charge is 0.348 e. The summed E-state index contributed by atoms with van der Waals surface area (Å²) in [7, 11) is -3.71. The maximum atomic E-state index is 12.2. The van der Waals surface area contributed by atoms with E-state index in [1.807, 2.05) is 0 Å². The summed E-state index contributed by atoms with van der Waals surface area (Å²) in [5.74, 6) is 0.358. The van der Waals surface area contributed by atoms with E-state index in [2.05, 4.69) is 20.2 Å². The number of nitrogens with zero attached hydrogens (tertiary/aromatic N) is 3. The van der Waals surface area contributed by atoms with E-state index in [1.165, 1.54) is 24.5 Å². The zero-order valence-electron chi connectivity index (χ0n) is 13.6. The zero-order chi connectivity index (χ0) is 17.9. The predicted octanol–water partition coefficient (Wildman–Crippen LogP) is 0.654. The van der Waals surface area contributed by atoms with Crippen molar-refractivity contribution < 1.29 is 13.2 Å². The molecule has 1 aliphatic heterocycles. The van der Waals surface area contributed by atoms with Gasteiger partial charge in [0.15, 0.2) is 0 Å². The van der Waals surface area contributed by atoms with Crippen molar-refractivity contribution in [2.45, 2.75) is 24.3 Å². The lowest BCUT2D eigenvalue weighted by molar-refractivity contribution is 0.0950. The number of hydrogen-bond donors (Lipinski definition) is 2. The van der Waals surface area contributed by atoms with Gasteiger partial charge in [-0.15, -0.1) is 0 Å². The van der Waals surface area contributed by atoms with Gasteiger partial charge < -0.3 is 10.2 Å². The molecule has 0 radical (unpaired) electrons. The number of aromatic nitrogens is 2. The fourth-order valence-electron chi connectivity index (χ4n) is 2.60. The maximum Gasteiger partial charge on any atom is 0.254 e. The van der Waals surface area contributed by atoms with Gasteiger partial charge >= 0.3 is 0 Å². The number of anilines is 1.